The van der Waals surface area contributed by atoms with Crippen molar-refractivity contribution in [1.29, 1.82) is 0 Å². The zero-order valence-electron chi connectivity index (χ0n) is 13.6. The highest BCUT2D eigenvalue weighted by Crippen LogP contribution is 2.31. The Morgan fingerprint density at radius 3 is 2.48 bits per heavy atom. The highest BCUT2D eigenvalue weighted by Gasteiger charge is 2.17. The first-order chi connectivity index (χ1) is 10.5. The summed E-state index contributed by atoms with van der Waals surface area (Å²) >= 11 is 0. The number of ether oxygens (including phenoxy) is 1. The van der Waals surface area contributed by atoms with Gasteiger partial charge in [0.05, 0.1) is 13.0 Å². The van der Waals surface area contributed by atoms with Crippen molar-refractivity contribution in [2.45, 2.75) is 19.9 Å². The van der Waals surface area contributed by atoms with Crippen LogP contribution in [0.2, 0.25) is 0 Å². The van der Waals surface area contributed by atoms with E-state index in [0.29, 0.717) is 0 Å². The van der Waals surface area contributed by atoms with Crippen LogP contribution in [0.1, 0.15) is 13.8 Å². The summed E-state index contributed by atoms with van der Waals surface area (Å²) in [5.41, 5.74) is 8.50. The molecule has 2 unspecified atom stereocenters. The minimum absolute atomic E-state index is 0. The molecule has 3 N–H and O–H groups in total. The molecule has 0 aliphatic heterocycles. The number of halogens is 1. The lowest BCUT2D eigenvalue weighted by Crippen LogP contribution is -2.34. The molecule has 0 heterocycles. The molecular formula is C18H23ClN2O2. The lowest BCUT2D eigenvalue weighted by Gasteiger charge is -2.16. The van der Waals surface area contributed by atoms with E-state index in [2.05, 4.69) is 5.32 Å². The van der Waals surface area contributed by atoms with Gasteiger partial charge in [-0.05, 0) is 30.7 Å². The van der Waals surface area contributed by atoms with Gasteiger partial charge in [-0.15, -0.1) is 12.4 Å². The van der Waals surface area contributed by atoms with Gasteiger partial charge in [0.1, 0.15) is 5.75 Å². The molecular weight excluding hydrogens is 312 g/mol. The van der Waals surface area contributed by atoms with E-state index in [9.17, 15) is 4.79 Å². The van der Waals surface area contributed by atoms with Crippen LogP contribution in [0.5, 0.6) is 5.75 Å². The number of rotatable bonds is 5. The molecule has 23 heavy (non-hydrogen) atoms. The number of benzene rings is 2. The number of nitrogens with two attached hydrogens (primary N) is 1. The second kappa shape index (κ2) is 8.56. The number of hydrogen-bond acceptors (Lipinski definition) is 3. The number of para-hydroxylation sites is 1. The van der Waals surface area contributed by atoms with Crippen molar-refractivity contribution in [2.75, 3.05) is 12.4 Å². The van der Waals surface area contributed by atoms with Crippen LogP contribution < -0.4 is 15.8 Å². The lowest BCUT2D eigenvalue weighted by atomic mass is 10.0. The van der Waals surface area contributed by atoms with E-state index in [1.807, 2.05) is 62.4 Å². The van der Waals surface area contributed by atoms with E-state index in [-0.39, 0.29) is 30.3 Å². The van der Waals surface area contributed by atoms with E-state index >= 15 is 0 Å². The standard InChI is InChI=1S/C18H22N2O2.ClH/c1-12(13(2)19)18(21)20-15-8-6-7-14(11-15)16-9-4-5-10-17(16)22-3;/h4-13H,19H2,1-3H3,(H,20,21);1H. The molecule has 2 aromatic rings. The lowest BCUT2D eigenvalue weighted by molar-refractivity contribution is -0.119. The van der Waals surface area contributed by atoms with E-state index < -0.39 is 0 Å². The normalized spacial score (nSPS) is 12.7. The summed E-state index contributed by atoms with van der Waals surface area (Å²) in [5, 5.41) is 2.91. The van der Waals surface area contributed by atoms with Crippen LogP contribution in [0.4, 0.5) is 5.69 Å². The summed E-state index contributed by atoms with van der Waals surface area (Å²) in [5.74, 6) is 0.483. The van der Waals surface area contributed by atoms with Crippen molar-refractivity contribution in [1.82, 2.24) is 0 Å². The summed E-state index contributed by atoms with van der Waals surface area (Å²) in [6, 6.07) is 15.3. The minimum Gasteiger partial charge on any atom is -0.496 e. The van der Waals surface area contributed by atoms with E-state index in [0.717, 1.165) is 22.6 Å². The first-order valence-corrected chi connectivity index (χ1v) is 7.33. The van der Waals surface area contributed by atoms with Gasteiger partial charge in [0.25, 0.3) is 0 Å². The van der Waals surface area contributed by atoms with Crippen molar-refractivity contribution >= 4 is 24.0 Å². The van der Waals surface area contributed by atoms with Crippen molar-refractivity contribution in [3.63, 3.8) is 0 Å². The van der Waals surface area contributed by atoms with Crippen molar-refractivity contribution in [2.24, 2.45) is 11.7 Å². The molecule has 0 aromatic heterocycles. The maximum absolute atomic E-state index is 12.1. The Labute approximate surface area is 143 Å². The smallest absolute Gasteiger partial charge is 0.228 e. The van der Waals surface area contributed by atoms with Crippen molar-refractivity contribution in [3.8, 4) is 16.9 Å². The fraction of sp³-hybridized carbons (Fsp3) is 0.278. The van der Waals surface area contributed by atoms with Gasteiger partial charge >= 0.3 is 0 Å². The fourth-order valence-corrected chi connectivity index (χ4v) is 2.14. The third-order valence-corrected chi connectivity index (χ3v) is 3.75. The molecule has 0 saturated heterocycles. The Kier molecular flexibility index (Phi) is 7.07. The Morgan fingerprint density at radius 2 is 1.83 bits per heavy atom. The highest BCUT2D eigenvalue weighted by atomic mass is 35.5. The molecule has 4 nitrogen and oxygen atoms in total. The van der Waals surface area contributed by atoms with Gasteiger partial charge in [0, 0.05) is 17.3 Å². The summed E-state index contributed by atoms with van der Waals surface area (Å²) in [7, 11) is 1.65. The molecule has 2 aromatic carbocycles. The topological polar surface area (TPSA) is 64.3 Å². The Morgan fingerprint density at radius 1 is 1.13 bits per heavy atom. The summed E-state index contributed by atoms with van der Waals surface area (Å²) in [6.45, 7) is 3.65. The number of carbonyl (C=O) groups is 1. The number of anilines is 1. The SMILES string of the molecule is COc1ccccc1-c1cccc(NC(=O)C(C)C(C)N)c1.Cl. The zero-order chi connectivity index (χ0) is 16.1. The van der Waals surface area contributed by atoms with Crippen LogP contribution in [0.15, 0.2) is 48.5 Å². The van der Waals surface area contributed by atoms with Gasteiger partial charge in [-0.3, -0.25) is 4.79 Å². The zero-order valence-corrected chi connectivity index (χ0v) is 14.4. The molecule has 0 fully saturated rings. The molecule has 0 radical (unpaired) electrons. The first kappa shape index (κ1) is 19.0. The van der Waals surface area contributed by atoms with Crippen molar-refractivity contribution < 1.29 is 9.53 Å². The largest absolute Gasteiger partial charge is 0.496 e. The predicted octanol–water partition coefficient (Wildman–Crippen LogP) is 3.71. The average molecular weight is 335 g/mol. The number of amides is 1. The highest BCUT2D eigenvalue weighted by molar-refractivity contribution is 5.93. The number of hydrogen-bond donors (Lipinski definition) is 2. The molecule has 0 bridgehead atoms. The minimum atomic E-state index is -0.241. The van der Waals surface area contributed by atoms with Gasteiger partial charge in [0.15, 0.2) is 0 Å². The molecule has 0 spiro atoms. The molecule has 0 aliphatic carbocycles. The van der Waals surface area contributed by atoms with Crippen LogP contribution in [-0.2, 0) is 4.79 Å². The quantitative estimate of drug-likeness (QED) is 0.876. The monoisotopic (exact) mass is 334 g/mol. The molecule has 5 heteroatoms. The summed E-state index contributed by atoms with van der Waals surface area (Å²) in [4.78, 5) is 12.1. The van der Waals surface area contributed by atoms with Gasteiger partial charge in [-0.1, -0.05) is 37.3 Å². The van der Waals surface area contributed by atoms with Gasteiger partial charge in [-0.25, -0.2) is 0 Å². The molecule has 2 atom stereocenters. The van der Waals surface area contributed by atoms with Crippen LogP contribution in [0.25, 0.3) is 11.1 Å². The maximum atomic E-state index is 12.1. The van der Waals surface area contributed by atoms with E-state index in [1.54, 1.807) is 7.11 Å². The van der Waals surface area contributed by atoms with E-state index in [1.165, 1.54) is 0 Å². The van der Waals surface area contributed by atoms with Crippen LogP contribution in [-0.4, -0.2) is 19.1 Å². The third-order valence-electron chi connectivity index (χ3n) is 3.75. The van der Waals surface area contributed by atoms with Crippen LogP contribution >= 0.6 is 12.4 Å². The molecule has 2 rings (SSSR count). The predicted molar refractivity (Wildman–Crippen MR) is 97.1 cm³/mol. The van der Waals surface area contributed by atoms with Crippen LogP contribution in [0.3, 0.4) is 0 Å². The Hall–Kier alpha value is -2.04. The second-order valence-electron chi connectivity index (χ2n) is 5.42. The summed E-state index contributed by atoms with van der Waals surface area (Å²) < 4.78 is 5.39. The van der Waals surface area contributed by atoms with Gasteiger partial charge < -0.3 is 15.8 Å². The number of methoxy groups -OCH3 is 1. The van der Waals surface area contributed by atoms with Gasteiger partial charge in [0.2, 0.25) is 5.91 Å². The van der Waals surface area contributed by atoms with Gasteiger partial charge in [-0.2, -0.15) is 0 Å². The number of nitrogens with one attached hydrogen (secondary N) is 1. The second-order valence-corrected chi connectivity index (χ2v) is 5.42. The Balaban J connectivity index is 0.00000264. The van der Waals surface area contributed by atoms with E-state index in [4.69, 9.17) is 10.5 Å². The Bertz CT molecular complexity index is 659. The molecule has 0 aliphatic rings. The molecule has 0 saturated carbocycles. The van der Waals surface area contributed by atoms with Crippen LogP contribution in [0, 0.1) is 5.92 Å². The maximum Gasteiger partial charge on any atom is 0.228 e. The summed E-state index contributed by atoms with van der Waals surface area (Å²) in [6.07, 6.45) is 0. The fourth-order valence-electron chi connectivity index (χ4n) is 2.14. The average Bonchev–Trinajstić information content (AvgIpc) is 2.54. The molecule has 1 amide bonds. The number of carbonyl (C=O) groups excluding carboxylic acids is 1. The third kappa shape index (κ3) is 4.71. The first-order valence-electron chi connectivity index (χ1n) is 7.33. The van der Waals surface area contributed by atoms with Crippen molar-refractivity contribution in [3.05, 3.63) is 48.5 Å². The molecule has 124 valence electrons.